The summed E-state index contributed by atoms with van der Waals surface area (Å²) in [4.78, 5) is 10.3. The van der Waals surface area contributed by atoms with Crippen LogP contribution >= 0.6 is 23.5 Å². The van der Waals surface area contributed by atoms with Gasteiger partial charge in [-0.15, -0.1) is 0 Å². The first-order chi connectivity index (χ1) is 10.7. The van der Waals surface area contributed by atoms with Crippen molar-refractivity contribution in [3.05, 3.63) is 36.5 Å². The van der Waals surface area contributed by atoms with Crippen molar-refractivity contribution in [1.29, 1.82) is 0 Å². The Balaban J connectivity index is 2.17. The molecule has 2 atom stereocenters. The van der Waals surface area contributed by atoms with Gasteiger partial charge in [-0.1, -0.05) is 43.7 Å². The van der Waals surface area contributed by atoms with E-state index in [4.69, 9.17) is 5.11 Å². The van der Waals surface area contributed by atoms with Crippen LogP contribution in [-0.4, -0.2) is 34.1 Å². The number of carboxylic acids is 1. The fourth-order valence-corrected chi connectivity index (χ4v) is 5.13. The van der Waals surface area contributed by atoms with Gasteiger partial charge in [-0.2, -0.15) is 23.5 Å². The van der Waals surface area contributed by atoms with Crippen molar-refractivity contribution in [2.24, 2.45) is 11.8 Å². The predicted octanol–water partition coefficient (Wildman–Crippen LogP) is 5.03. The molecule has 1 N–H and O–H groups in total. The molecular weight excluding hydrogens is 312 g/mol. The fraction of sp³-hybridized carbons (Fsp3) is 0.611. The van der Waals surface area contributed by atoms with E-state index in [1.165, 1.54) is 36.2 Å². The van der Waals surface area contributed by atoms with E-state index in [9.17, 15) is 4.79 Å². The summed E-state index contributed by atoms with van der Waals surface area (Å²) in [5.74, 6) is 5.72. The number of unbranched alkanes of at least 4 members (excludes halogenated alkanes) is 1. The number of hydrogen-bond donors (Lipinski definition) is 1. The van der Waals surface area contributed by atoms with E-state index >= 15 is 0 Å². The minimum absolute atomic E-state index is 0.716. The smallest absolute Gasteiger partial charge is 0.327 e. The second kappa shape index (κ2) is 12.9. The first kappa shape index (κ1) is 19.4. The Morgan fingerprint density at radius 3 is 2.77 bits per heavy atom. The molecule has 0 amide bonds. The summed E-state index contributed by atoms with van der Waals surface area (Å²) in [5, 5.41) is 8.51. The molecule has 0 radical (unpaired) electrons. The Kier molecular flexibility index (Phi) is 11.4. The van der Waals surface area contributed by atoms with Gasteiger partial charge in [0.1, 0.15) is 0 Å². The number of rotatable bonds is 11. The van der Waals surface area contributed by atoms with Crippen LogP contribution in [0.25, 0.3) is 0 Å². The zero-order chi connectivity index (χ0) is 16.0. The Morgan fingerprint density at radius 1 is 1.18 bits per heavy atom. The highest BCUT2D eigenvalue weighted by molar-refractivity contribution is 8.00. The van der Waals surface area contributed by atoms with Crippen molar-refractivity contribution >= 4 is 29.5 Å². The molecule has 0 bridgehead atoms. The zero-order valence-corrected chi connectivity index (χ0v) is 15.1. The van der Waals surface area contributed by atoms with E-state index < -0.39 is 5.97 Å². The lowest BCUT2D eigenvalue weighted by atomic mass is 9.94. The lowest BCUT2D eigenvalue weighted by Gasteiger charge is -2.16. The van der Waals surface area contributed by atoms with Crippen molar-refractivity contribution in [1.82, 2.24) is 0 Å². The minimum atomic E-state index is -0.870. The van der Waals surface area contributed by atoms with E-state index in [-0.39, 0.29) is 0 Å². The molecule has 0 aliphatic carbocycles. The molecular formula is C18H28O2S2. The summed E-state index contributed by atoms with van der Waals surface area (Å²) in [7, 11) is 0. The minimum Gasteiger partial charge on any atom is -0.478 e. The van der Waals surface area contributed by atoms with Crippen molar-refractivity contribution in [3.63, 3.8) is 0 Å². The van der Waals surface area contributed by atoms with Gasteiger partial charge in [0.05, 0.1) is 0 Å². The van der Waals surface area contributed by atoms with Crippen LogP contribution in [0.2, 0.25) is 0 Å². The van der Waals surface area contributed by atoms with Gasteiger partial charge < -0.3 is 5.11 Å². The summed E-state index contributed by atoms with van der Waals surface area (Å²) >= 11 is 4.13. The molecule has 1 heterocycles. The third-order valence-electron chi connectivity index (χ3n) is 3.64. The second-order valence-corrected chi connectivity index (χ2v) is 7.69. The number of aliphatic carboxylic acids is 1. The van der Waals surface area contributed by atoms with E-state index in [2.05, 4.69) is 54.8 Å². The number of carboxylic acid groups (broad SMARTS) is 1. The number of carbonyl (C=O) groups is 1. The molecule has 0 spiro atoms. The molecule has 22 heavy (non-hydrogen) atoms. The lowest BCUT2D eigenvalue weighted by molar-refractivity contribution is -0.131. The monoisotopic (exact) mass is 340 g/mol. The maximum atomic E-state index is 10.3. The van der Waals surface area contributed by atoms with Crippen molar-refractivity contribution < 1.29 is 9.90 Å². The van der Waals surface area contributed by atoms with Gasteiger partial charge in [0.25, 0.3) is 0 Å². The van der Waals surface area contributed by atoms with Crippen LogP contribution in [0, 0.1) is 11.8 Å². The molecule has 0 aromatic heterocycles. The molecule has 4 heteroatoms. The number of thioether (sulfide) groups is 2. The fourth-order valence-electron chi connectivity index (χ4n) is 2.34. The second-order valence-electron chi connectivity index (χ2n) is 5.54. The third kappa shape index (κ3) is 9.42. The third-order valence-corrected chi connectivity index (χ3v) is 6.06. The van der Waals surface area contributed by atoms with Gasteiger partial charge in [-0.25, -0.2) is 4.79 Å². The Morgan fingerprint density at radius 2 is 2.00 bits per heavy atom. The molecule has 1 saturated heterocycles. The predicted molar refractivity (Wildman–Crippen MR) is 101 cm³/mol. The Labute approximate surface area is 143 Å². The quantitative estimate of drug-likeness (QED) is 0.325. The highest BCUT2D eigenvalue weighted by Gasteiger charge is 2.26. The summed E-state index contributed by atoms with van der Waals surface area (Å²) < 4.78 is 0. The standard InChI is InChI=1S/C18H28O2S2/c1-2-3-4-9-12-21-14-17-15-22-13-16(17)10-7-5-6-8-11-18(19)20/h4-5,7-9,11,16-17H,2-3,6,10,12-15H2,1H3,(H,19,20)/t16-,17+/m0/s1. The summed E-state index contributed by atoms with van der Waals surface area (Å²) in [5.41, 5.74) is 0. The molecule has 0 unspecified atom stereocenters. The van der Waals surface area contributed by atoms with E-state index in [0.717, 1.165) is 24.0 Å². The molecule has 0 aromatic rings. The largest absolute Gasteiger partial charge is 0.478 e. The van der Waals surface area contributed by atoms with Crippen LogP contribution in [0.3, 0.4) is 0 Å². The van der Waals surface area contributed by atoms with Crippen LogP contribution in [-0.2, 0) is 4.79 Å². The van der Waals surface area contributed by atoms with E-state index in [1.54, 1.807) is 6.08 Å². The van der Waals surface area contributed by atoms with Crippen LogP contribution in [0.5, 0.6) is 0 Å². The summed E-state index contributed by atoms with van der Waals surface area (Å²) in [6.45, 7) is 2.21. The summed E-state index contributed by atoms with van der Waals surface area (Å²) in [6.07, 6.45) is 16.1. The lowest BCUT2D eigenvalue weighted by Crippen LogP contribution is -2.14. The van der Waals surface area contributed by atoms with Gasteiger partial charge >= 0.3 is 5.97 Å². The van der Waals surface area contributed by atoms with Gasteiger partial charge in [0, 0.05) is 11.8 Å². The molecule has 0 saturated carbocycles. The van der Waals surface area contributed by atoms with Crippen molar-refractivity contribution in [3.8, 4) is 0 Å². The number of hydrogen-bond acceptors (Lipinski definition) is 3. The molecule has 1 aliphatic heterocycles. The Hall–Kier alpha value is -0.610. The average molecular weight is 341 g/mol. The van der Waals surface area contributed by atoms with E-state index in [1.807, 2.05) is 0 Å². The van der Waals surface area contributed by atoms with Crippen molar-refractivity contribution in [2.45, 2.75) is 32.6 Å². The van der Waals surface area contributed by atoms with E-state index in [0.29, 0.717) is 6.42 Å². The topological polar surface area (TPSA) is 37.3 Å². The molecule has 1 fully saturated rings. The summed E-state index contributed by atoms with van der Waals surface area (Å²) in [6, 6.07) is 0. The van der Waals surface area contributed by atoms with Gasteiger partial charge in [0.2, 0.25) is 0 Å². The maximum Gasteiger partial charge on any atom is 0.327 e. The average Bonchev–Trinajstić information content (AvgIpc) is 2.93. The Bertz CT molecular complexity index is 389. The van der Waals surface area contributed by atoms with Crippen LogP contribution in [0.4, 0.5) is 0 Å². The normalized spacial score (nSPS) is 22.4. The SMILES string of the molecule is CCCC=CCSC[C@@H]1CSC[C@@H]1CC=CCC=CC(=O)O. The van der Waals surface area contributed by atoms with Gasteiger partial charge in [-0.05, 0) is 48.4 Å². The van der Waals surface area contributed by atoms with Gasteiger partial charge in [0.15, 0.2) is 0 Å². The molecule has 1 rings (SSSR count). The van der Waals surface area contributed by atoms with Gasteiger partial charge in [-0.3, -0.25) is 0 Å². The molecule has 2 nitrogen and oxygen atoms in total. The first-order valence-electron chi connectivity index (χ1n) is 8.09. The zero-order valence-electron chi connectivity index (χ0n) is 13.4. The van der Waals surface area contributed by atoms with Crippen LogP contribution in [0.1, 0.15) is 32.6 Å². The number of allylic oxidation sites excluding steroid dienone is 4. The molecule has 124 valence electrons. The van der Waals surface area contributed by atoms with Crippen LogP contribution < -0.4 is 0 Å². The molecule has 0 aromatic carbocycles. The van der Waals surface area contributed by atoms with Crippen molar-refractivity contribution in [2.75, 3.05) is 23.0 Å². The maximum absolute atomic E-state index is 10.3. The first-order valence-corrected chi connectivity index (χ1v) is 10.4. The molecule has 1 aliphatic rings. The highest BCUT2D eigenvalue weighted by Crippen LogP contribution is 2.34. The van der Waals surface area contributed by atoms with Crippen LogP contribution in [0.15, 0.2) is 36.5 Å². The highest BCUT2D eigenvalue weighted by atomic mass is 32.2.